The van der Waals surface area contributed by atoms with Crippen LogP contribution in [0.25, 0.3) is 11.4 Å². The van der Waals surface area contributed by atoms with Gasteiger partial charge in [-0.2, -0.15) is 4.98 Å². The first-order chi connectivity index (χ1) is 11.1. The first kappa shape index (κ1) is 15.7. The monoisotopic (exact) mass is 391 g/mol. The first-order valence-electron chi connectivity index (χ1n) is 6.74. The zero-order valence-electron chi connectivity index (χ0n) is 11.8. The van der Waals surface area contributed by atoms with E-state index in [1.54, 1.807) is 24.3 Å². The Morgan fingerprint density at radius 3 is 2.74 bits per heavy atom. The van der Waals surface area contributed by atoms with E-state index in [-0.39, 0.29) is 12.5 Å². The van der Waals surface area contributed by atoms with Crippen molar-refractivity contribution in [2.45, 2.75) is 6.54 Å². The maximum absolute atomic E-state index is 12.0. The summed E-state index contributed by atoms with van der Waals surface area (Å²) in [6, 6.07) is 14.2. The Bertz CT molecular complexity index is 833. The molecule has 0 saturated heterocycles. The molecule has 0 bridgehead atoms. The summed E-state index contributed by atoms with van der Waals surface area (Å²) in [5.41, 5.74) is 1.35. The standard InChI is InChI=1S/C16H11BrClN3O2/c17-12-3-1-2-11(8-12)15-20-14(23-21-15)9-19-16(22)10-4-6-13(18)7-5-10/h1-8H,9H2,(H,19,22). The molecule has 0 aliphatic carbocycles. The van der Waals surface area contributed by atoms with Crippen LogP contribution in [-0.4, -0.2) is 16.0 Å². The van der Waals surface area contributed by atoms with Crippen LogP contribution in [0, 0.1) is 0 Å². The Balaban J connectivity index is 1.65. The van der Waals surface area contributed by atoms with Gasteiger partial charge in [0.2, 0.25) is 11.7 Å². The molecule has 116 valence electrons. The molecule has 1 amide bonds. The lowest BCUT2D eigenvalue weighted by molar-refractivity contribution is 0.0946. The molecule has 1 N–H and O–H groups in total. The van der Waals surface area contributed by atoms with Gasteiger partial charge in [-0.05, 0) is 36.4 Å². The first-order valence-corrected chi connectivity index (χ1v) is 7.91. The second-order valence-corrected chi connectivity index (χ2v) is 6.06. The summed E-state index contributed by atoms with van der Waals surface area (Å²) in [5, 5.41) is 7.22. The number of carbonyl (C=O) groups is 1. The number of halogens is 2. The van der Waals surface area contributed by atoms with Crippen molar-refractivity contribution < 1.29 is 9.32 Å². The highest BCUT2D eigenvalue weighted by atomic mass is 79.9. The quantitative estimate of drug-likeness (QED) is 0.726. The molecule has 0 spiro atoms. The number of aromatic nitrogens is 2. The van der Waals surface area contributed by atoms with E-state index in [1.165, 1.54) is 0 Å². The summed E-state index contributed by atoms with van der Waals surface area (Å²) in [6.45, 7) is 0.155. The van der Waals surface area contributed by atoms with Crippen molar-refractivity contribution in [1.82, 2.24) is 15.5 Å². The average Bonchev–Trinajstić information content (AvgIpc) is 3.02. The second-order valence-electron chi connectivity index (χ2n) is 4.71. The molecule has 0 saturated carbocycles. The van der Waals surface area contributed by atoms with Crippen LogP contribution in [0.15, 0.2) is 57.5 Å². The Morgan fingerprint density at radius 2 is 2.00 bits per heavy atom. The normalized spacial score (nSPS) is 10.5. The fourth-order valence-electron chi connectivity index (χ4n) is 1.93. The maximum atomic E-state index is 12.0. The minimum Gasteiger partial charge on any atom is -0.343 e. The predicted molar refractivity (Wildman–Crippen MR) is 90.1 cm³/mol. The Morgan fingerprint density at radius 1 is 1.22 bits per heavy atom. The largest absolute Gasteiger partial charge is 0.343 e. The van der Waals surface area contributed by atoms with Crippen LogP contribution in [0.3, 0.4) is 0 Å². The molecule has 1 aromatic heterocycles. The fraction of sp³-hybridized carbons (Fsp3) is 0.0625. The highest BCUT2D eigenvalue weighted by Crippen LogP contribution is 2.20. The van der Waals surface area contributed by atoms with E-state index in [9.17, 15) is 4.79 Å². The average molecular weight is 393 g/mol. The van der Waals surface area contributed by atoms with E-state index in [2.05, 4.69) is 31.4 Å². The molecule has 0 atom stereocenters. The van der Waals surface area contributed by atoms with Gasteiger partial charge in [-0.3, -0.25) is 4.79 Å². The summed E-state index contributed by atoms with van der Waals surface area (Å²) in [4.78, 5) is 16.3. The van der Waals surface area contributed by atoms with Crippen LogP contribution < -0.4 is 5.32 Å². The number of amides is 1. The molecule has 7 heteroatoms. The topological polar surface area (TPSA) is 68.0 Å². The highest BCUT2D eigenvalue weighted by molar-refractivity contribution is 9.10. The van der Waals surface area contributed by atoms with Crippen LogP contribution in [0.2, 0.25) is 5.02 Å². The minimum absolute atomic E-state index is 0.155. The number of nitrogens with zero attached hydrogens (tertiary/aromatic N) is 2. The van der Waals surface area contributed by atoms with Crippen LogP contribution in [0.5, 0.6) is 0 Å². The highest BCUT2D eigenvalue weighted by Gasteiger charge is 2.11. The SMILES string of the molecule is O=C(NCc1nc(-c2cccc(Br)c2)no1)c1ccc(Cl)cc1. The molecule has 5 nitrogen and oxygen atoms in total. The van der Waals surface area contributed by atoms with Crippen molar-refractivity contribution in [1.29, 1.82) is 0 Å². The van der Waals surface area contributed by atoms with Crippen molar-refractivity contribution in [3.05, 3.63) is 69.5 Å². The van der Waals surface area contributed by atoms with Gasteiger partial charge in [-0.25, -0.2) is 0 Å². The van der Waals surface area contributed by atoms with Crippen LogP contribution in [-0.2, 0) is 6.54 Å². The smallest absolute Gasteiger partial charge is 0.251 e. The molecule has 0 aliphatic rings. The van der Waals surface area contributed by atoms with Gasteiger partial charge in [0.25, 0.3) is 5.91 Å². The van der Waals surface area contributed by atoms with Crippen LogP contribution >= 0.6 is 27.5 Å². The third kappa shape index (κ3) is 3.97. The van der Waals surface area contributed by atoms with Crippen molar-refractivity contribution in [3.8, 4) is 11.4 Å². The third-order valence-electron chi connectivity index (χ3n) is 3.06. The van der Waals surface area contributed by atoms with E-state index < -0.39 is 0 Å². The van der Waals surface area contributed by atoms with Crippen molar-refractivity contribution in [2.75, 3.05) is 0 Å². The summed E-state index contributed by atoms with van der Waals surface area (Å²) >= 11 is 9.19. The van der Waals surface area contributed by atoms with Crippen LogP contribution in [0.4, 0.5) is 0 Å². The van der Waals surface area contributed by atoms with Gasteiger partial charge in [0.05, 0.1) is 6.54 Å². The van der Waals surface area contributed by atoms with E-state index in [4.69, 9.17) is 16.1 Å². The molecule has 0 unspecified atom stereocenters. The minimum atomic E-state index is -0.233. The summed E-state index contributed by atoms with van der Waals surface area (Å²) in [6.07, 6.45) is 0. The molecule has 3 rings (SSSR count). The van der Waals surface area contributed by atoms with Crippen molar-refractivity contribution >= 4 is 33.4 Å². The maximum Gasteiger partial charge on any atom is 0.251 e. The molecular weight excluding hydrogens is 382 g/mol. The van der Waals surface area contributed by atoms with Gasteiger partial charge < -0.3 is 9.84 Å². The Hall–Kier alpha value is -2.18. The number of rotatable bonds is 4. The van der Waals surface area contributed by atoms with Crippen LogP contribution in [0.1, 0.15) is 16.2 Å². The van der Waals surface area contributed by atoms with E-state index in [0.29, 0.717) is 22.3 Å². The van der Waals surface area contributed by atoms with E-state index >= 15 is 0 Å². The molecule has 0 aliphatic heterocycles. The van der Waals surface area contributed by atoms with E-state index in [1.807, 2.05) is 24.3 Å². The molecular formula is C16H11BrClN3O2. The lowest BCUT2D eigenvalue weighted by Gasteiger charge is -2.02. The predicted octanol–water partition coefficient (Wildman–Crippen LogP) is 4.08. The number of carbonyl (C=O) groups excluding carboxylic acids is 1. The number of benzene rings is 2. The van der Waals surface area contributed by atoms with Crippen molar-refractivity contribution in [2.24, 2.45) is 0 Å². The van der Waals surface area contributed by atoms with Gasteiger partial charge in [-0.15, -0.1) is 0 Å². The lowest BCUT2D eigenvalue weighted by Crippen LogP contribution is -2.22. The lowest BCUT2D eigenvalue weighted by atomic mass is 10.2. The molecule has 0 fully saturated rings. The Labute approximate surface area is 145 Å². The second kappa shape index (κ2) is 6.93. The zero-order chi connectivity index (χ0) is 16.2. The Kier molecular flexibility index (Phi) is 4.73. The van der Waals surface area contributed by atoms with Gasteiger partial charge in [0, 0.05) is 20.6 Å². The van der Waals surface area contributed by atoms with Gasteiger partial charge in [-0.1, -0.05) is 44.8 Å². The fourth-order valence-corrected chi connectivity index (χ4v) is 2.46. The molecule has 3 aromatic rings. The summed E-state index contributed by atoms with van der Waals surface area (Å²) in [7, 11) is 0. The van der Waals surface area contributed by atoms with Crippen molar-refractivity contribution in [3.63, 3.8) is 0 Å². The molecule has 2 aromatic carbocycles. The summed E-state index contributed by atoms with van der Waals surface area (Å²) in [5.74, 6) is 0.577. The number of hydrogen-bond acceptors (Lipinski definition) is 4. The van der Waals surface area contributed by atoms with Gasteiger partial charge in [0.1, 0.15) is 0 Å². The van der Waals surface area contributed by atoms with Gasteiger partial charge in [0.15, 0.2) is 0 Å². The molecule has 23 heavy (non-hydrogen) atoms. The molecule has 1 heterocycles. The third-order valence-corrected chi connectivity index (χ3v) is 3.80. The van der Waals surface area contributed by atoms with Gasteiger partial charge >= 0.3 is 0 Å². The number of nitrogens with one attached hydrogen (secondary N) is 1. The zero-order valence-corrected chi connectivity index (χ0v) is 14.1. The summed E-state index contributed by atoms with van der Waals surface area (Å²) < 4.78 is 6.08. The molecule has 0 radical (unpaired) electrons. The number of hydrogen-bond donors (Lipinski definition) is 1. The van der Waals surface area contributed by atoms with E-state index in [0.717, 1.165) is 10.0 Å².